The quantitative estimate of drug-likeness (QED) is 0.736. The number of hydrogen-bond acceptors (Lipinski definition) is 3. The molecule has 0 bridgehead atoms. The third kappa shape index (κ3) is 1.98. The van der Waals surface area contributed by atoms with Crippen LogP contribution >= 0.6 is 0 Å². The smallest absolute Gasteiger partial charge is 0.137 e. The summed E-state index contributed by atoms with van der Waals surface area (Å²) in [5.74, 6) is 0.894. The third-order valence-corrected chi connectivity index (χ3v) is 2.87. The van der Waals surface area contributed by atoms with Gasteiger partial charge in [0.1, 0.15) is 5.82 Å². The second-order valence-electron chi connectivity index (χ2n) is 4.20. The lowest BCUT2D eigenvalue weighted by Crippen LogP contribution is -2.04. The third-order valence-electron chi connectivity index (χ3n) is 2.87. The number of aromatic nitrogens is 3. The van der Waals surface area contributed by atoms with E-state index < -0.39 is 0 Å². The summed E-state index contributed by atoms with van der Waals surface area (Å²) < 4.78 is 0. The van der Waals surface area contributed by atoms with E-state index in [4.69, 9.17) is 0 Å². The molecule has 0 saturated heterocycles. The first-order valence-electron chi connectivity index (χ1n) is 5.90. The second kappa shape index (κ2) is 4.58. The molecule has 0 unspecified atom stereocenters. The first-order valence-corrected chi connectivity index (χ1v) is 5.90. The summed E-state index contributed by atoms with van der Waals surface area (Å²) in [5, 5.41) is 4.22. The zero-order valence-electron chi connectivity index (χ0n) is 10.1. The minimum absolute atomic E-state index is 0.794. The Morgan fingerprint density at radius 2 is 2.17 bits per heavy atom. The fourth-order valence-corrected chi connectivity index (χ4v) is 2.01. The Labute approximate surface area is 105 Å². The lowest BCUT2D eigenvalue weighted by molar-refractivity contribution is 0.797. The first-order chi connectivity index (χ1) is 8.86. The Hall–Kier alpha value is -2.20. The lowest BCUT2D eigenvalue weighted by atomic mass is 10.1. The molecule has 4 nitrogen and oxygen atoms in total. The summed E-state index contributed by atoms with van der Waals surface area (Å²) in [6.45, 7) is 0.794. The van der Waals surface area contributed by atoms with Gasteiger partial charge in [-0.05, 0) is 31.3 Å². The molecule has 0 fully saturated rings. The normalized spacial score (nSPS) is 10.9. The van der Waals surface area contributed by atoms with Crippen LogP contribution < -0.4 is 5.32 Å². The van der Waals surface area contributed by atoms with Crippen molar-refractivity contribution in [2.75, 3.05) is 7.05 Å². The number of aromatic amines is 1. The highest BCUT2D eigenvalue weighted by Gasteiger charge is 2.04. The van der Waals surface area contributed by atoms with Gasteiger partial charge in [0.15, 0.2) is 0 Å². The summed E-state index contributed by atoms with van der Waals surface area (Å²) in [7, 11) is 1.92. The van der Waals surface area contributed by atoms with Crippen LogP contribution in [0.15, 0.2) is 42.7 Å². The van der Waals surface area contributed by atoms with Crippen molar-refractivity contribution < 1.29 is 0 Å². The Kier molecular flexibility index (Phi) is 2.78. The molecular formula is C14H14N4. The highest BCUT2D eigenvalue weighted by molar-refractivity contribution is 5.83. The summed E-state index contributed by atoms with van der Waals surface area (Å²) in [6, 6.07) is 10.2. The number of nitrogens with zero attached hydrogens (tertiary/aromatic N) is 2. The number of imidazole rings is 1. The van der Waals surface area contributed by atoms with Gasteiger partial charge in [-0.3, -0.25) is 4.98 Å². The maximum Gasteiger partial charge on any atom is 0.137 e. The number of rotatable bonds is 3. The molecule has 3 aromatic rings. The standard InChI is InChI=1S/C14H14N4/c1-15-8-12-9-17-14(18-12)11-4-5-13-10(7-11)3-2-6-16-13/h2-7,9,15H,8H2,1H3,(H,17,18). The number of benzene rings is 1. The van der Waals surface area contributed by atoms with Crippen molar-refractivity contribution in [3.8, 4) is 11.4 Å². The fourth-order valence-electron chi connectivity index (χ4n) is 2.01. The van der Waals surface area contributed by atoms with E-state index in [1.54, 1.807) is 6.20 Å². The van der Waals surface area contributed by atoms with E-state index in [1.807, 2.05) is 31.4 Å². The summed E-state index contributed by atoms with van der Waals surface area (Å²) in [5.41, 5.74) is 3.17. The van der Waals surface area contributed by atoms with Crippen molar-refractivity contribution in [1.29, 1.82) is 0 Å². The summed E-state index contributed by atoms with van der Waals surface area (Å²) in [6.07, 6.45) is 3.67. The molecule has 2 aromatic heterocycles. The molecule has 3 rings (SSSR count). The van der Waals surface area contributed by atoms with Gasteiger partial charge in [0.2, 0.25) is 0 Å². The van der Waals surface area contributed by atoms with E-state index in [2.05, 4.69) is 32.4 Å². The number of hydrogen-bond donors (Lipinski definition) is 2. The van der Waals surface area contributed by atoms with E-state index in [0.29, 0.717) is 0 Å². The van der Waals surface area contributed by atoms with Crippen LogP contribution in [0.3, 0.4) is 0 Å². The van der Waals surface area contributed by atoms with Gasteiger partial charge in [-0.2, -0.15) is 0 Å². The average Bonchev–Trinajstić information content (AvgIpc) is 2.87. The van der Waals surface area contributed by atoms with E-state index in [9.17, 15) is 0 Å². The largest absolute Gasteiger partial charge is 0.341 e. The van der Waals surface area contributed by atoms with E-state index in [-0.39, 0.29) is 0 Å². The van der Waals surface area contributed by atoms with Gasteiger partial charge in [0.25, 0.3) is 0 Å². The van der Waals surface area contributed by atoms with Crippen LogP contribution in [-0.4, -0.2) is 22.0 Å². The first kappa shape index (κ1) is 10.9. The molecule has 1 aromatic carbocycles. The molecule has 90 valence electrons. The van der Waals surface area contributed by atoms with Crippen molar-refractivity contribution >= 4 is 10.9 Å². The Bertz CT molecular complexity index is 672. The van der Waals surface area contributed by atoms with Crippen LogP contribution in [0.1, 0.15) is 5.69 Å². The van der Waals surface area contributed by atoms with Crippen LogP contribution in [0, 0.1) is 0 Å². The Morgan fingerprint density at radius 3 is 3.06 bits per heavy atom. The molecule has 0 atom stereocenters. The molecule has 0 aliphatic rings. The number of fused-ring (bicyclic) bond motifs is 1. The highest BCUT2D eigenvalue weighted by Crippen LogP contribution is 2.20. The minimum Gasteiger partial charge on any atom is -0.341 e. The molecule has 0 aliphatic carbocycles. The predicted octanol–water partition coefficient (Wildman–Crippen LogP) is 2.34. The second-order valence-corrected chi connectivity index (χ2v) is 4.20. The van der Waals surface area contributed by atoms with Crippen molar-refractivity contribution in [3.05, 3.63) is 48.4 Å². The van der Waals surface area contributed by atoms with Crippen LogP contribution in [0.4, 0.5) is 0 Å². The Morgan fingerprint density at radius 1 is 1.22 bits per heavy atom. The highest BCUT2D eigenvalue weighted by atomic mass is 14.9. The van der Waals surface area contributed by atoms with Crippen molar-refractivity contribution in [2.24, 2.45) is 0 Å². The van der Waals surface area contributed by atoms with E-state index in [0.717, 1.165) is 34.5 Å². The van der Waals surface area contributed by atoms with Crippen molar-refractivity contribution in [1.82, 2.24) is 20.3 Å². The van der Waals surface area contributed by atoms with Crippen LogP contribution in [0.5, 0.6) is 0 Å². The topological polar surface area (TPSA) is 53.6 Å². The lowest BCUT2D eigenvalue weighted by Gasteiger charge is -2.00. The SMILES string of the molecule is CNCc1cnc(-c2ccc3ncccc3c2)[nH]1. The molecule has 4 heteroatoms. The number of nitrogens with one attached hydrogen (secondary N) is 2. The molecule has 0 aliphatic heterocycles. The molecule has 2 N–H and O–H groups in total. The predicted molar refractivity (Wildman–Crippen MR) is 72.1 cm³/mol. The zero-order chi connectivity index (χ0) is 12.4. The van der Waals surface area contributed by atoms with E-state index in [1.165, 1.54) is 0 Å². The van der Waals surface area contributed by atoms with Gasteiger partial charge in [-0.1, -0.05) is 6.07 Å². The average molecular weight is 238 g/mol. The van der Waals surface area contributed by atoms with E-state index >= 15 is 0 Å². The maximum atomic E-state index is 4.40. The zero-order valence-corrected chi connectivity index (χ0v) is 10.1. The van der Waals surface area contributed by atoms with Gasteiger partial charge in [-0.25, -0.2) is 4.98 Å². The van der Waals surface area contributed by atoms with Crippen LogP contribution in [-0.2, 0) is 6.54 Å². The monoisotopic (exact) mass is 238 g/mol. The van der Waals surface area contributed by atoms with Gasteiger partial charge in [-0.15, -0.1) is 0 Å². The summed E-state index contributed by atoms with van der Waals surface area (Å²) in [4.78, 5) is 12.0. The van der Waals surface area contributed by atoms with Gasteiger partial charge in [0, 0.05) is 35.6 Å². The Balaban J connectivity index is 2.02. The molecule has 0 radical (unpaired) electrons. The molecule has 0 spiro atoms. The van der Waals surface area contributed by atoms with Crippen LogP contribution in [0.2, 0.25) is 0 Å². The van der Waals surface area contributed by atoms with Crippen molar-refractivity contribution in [2.45, 2.75) is 6.54 Å². The minimum atomic E-state index is 0.794. The summed E-state index contributed by atoms with van der Waals surface area (Å²) >= 11 is 0. The molecule has 0 amide bonds. The fraction of sp³-hybridized carbons (Fsp3) is 0.143. The number of H-pyrrole nitrogens is 1. The molecule has 18 heavy (non-hydrogen) atoms. The molecule has 0 saturated carbocycles. The van der Waals surface area contributed by atoms with Gasteiger partial charge in [0.05, 0.1) is 5.52 Å². The number of pyridine rings is 1. The van der Waals surface area contributed by atoms with Gasteiger partial charge < -0.3 is 10.3 Å². The molecular weight excluding hydrogens is 224 g/mol. The van der Waals surface area contributed by atoms with Crippen molar-refractivity contribution in [3.63, 3.8) is 0 Å². The van der Waals surface area contributed by atoms with Gasteiger partial charge >= 0.3 is 0 Å². The van der Waals surface area contributed by atoms with Crippen LogP contribution in [0.25, 0.3) is 22.3 Å². The maximum absolute atomic E-state index is 4.40. The molecule has 2 heterocycles.